The zero-order chi connectivity index (χ0) is 18.9. The summed E-state index contributed by atoms with van der Waals surface area (Å²) in [6, 6.07) is 10.1. The molecule has 138 valence electrons. The number of sulfonamides is 1. The van der Waals surface area contributed by atoms with E-state index in [1.807, 2.05) is 0 Å². The molecule has 0 saturated heterocycles. The fourth-order valence-corrected chi connectivity index (χ4v) is 4.75. The highest BCUT2D eigenvalue weighted by Crippen LogP contribution is 2.36. The van der Waals surface area contributed by atoms with E-state index in [9.17, 15) is 17.6 Å². The zero-order valence-electron chi connectivity index (χ0n) is 14.4. The van der Waals surface area contributed by atoms with Gasteiger partial charge in [0.05, 0.1) is 10.9 Å². The van der Waals surface area contributed by atoms with E-state index in [1.165, 1.54) is 50.5 Å². The van der Waals surface area contributed by atoms with Crippen LogP contribution in [0.4, 0.5) is 4.39 Å². The van der Waals surface area contributed by atoms with Gasteiger partial charge in [-0.3, -0.25) is 4.79 Å². The number of hydrogen-bond acceptors (Lipinski definition) is 4. The van der Waals surface area contributed by atoms with Gasteiger partial charge in [0.2, 0.25) is 10.0 Å². The molecule has 0 saturated carbocycles. The first-order valence-corrected chi connectivity index (χ1v) is 10.5. The smallest absolute Gasteiger partial charge is 0.251 e. The van der Waals surface area contributed by atoms with Crippen LogP contribution in [0.5, 0.6) is 0 Å². The SMILES string of the molecule is CN(C)S(=O)(=O)c1ccc(C(=O)N[C@H]2CCSc3ccc(F)cc32)cc1. The number of hydrogen-bond donors (Lipinski definition) is 1. The van der Waals surface area contributed by atoms with Gasteiger partial charge < -0.3 is 5.32 Å². The Morgan fingerprint density at radius 2 is 1.88 bits per heavy atom. The Balaban J connectivity index is 1.79. The van der Waals surface area contributed by atoms with Crippen molar-refractivity contribution in [1.29, 1.82) is 0 Å². The first kappa shape index (κ1) is 18.9. The summed E-state index contributed by atoms with van der Waals surface area (Å²) < 4.78 is 38.9. The minimum atomic E-state index is -3.53. The van der Waals surface area contributed by atoms with Gasteiger partial charge in [-0.2, -0.15) is 0 Å². The van der Waals surface area contributed by atoms with Gasteiger partial charge in [0.15, 0.2) is 0 Å². The van der Waals surface area contributed by atoms with Crippen molar-refractivity contribution in [2.45, 2.75) is 22.3 Å². The van der Waals surface area contributed by atoms with Crippen LogP contribution in [0.3, 0.4) is 0 Å². The number of rotatable bonds is 4. The van der Waals surface area contributed by atoms with Crippen LogP contribution in [-0.4, -0.2) is 38.5 Å². The third-order valence-electron chi connectivity index (χ3n) is 4.21. The standard InChI is InChI=1S/C18H19FN2O3S2/c1-21(2)26(23,24)14-6-3-12(4-7-14)18(22)20-16-9-10-25-17-8-5-13(19)11-15(16)17/h3-8,11,16H,9-10H2,1-2H3,(H,20,22)/t16-/m0/s1. The molecule has 26 heavy (non-hydrogen) atoms. The first-order valence-electron chi connectivity index (χ1n) is 8.05. The van der Waals surface area contributed by atoms with Crippen LogP contribution in [0, 0.1) is 5.82 Å². The van der Waals surface area contributed by atoms with Gasteiger partial charge in [-0.1, -0.05) is 0 Å². The van der Waals surface area contributed by atoms with E-state index in [0.717, 1.165) is 20.5 Å². The molecule has 0 aliphatic carbocycles. The van der Waals surface area contributed by atoms with E-state index < -0.39 is 10.0 Å². The maximum Gasteiger partial charge on any atom is 0.251 e. The summed E-state index contributed by atoms with van der Waals surface area (Å²) in [4.78, 5) is 13.6. The summed E-state index contributed by atoms with van der Waals surface area (Å²) in [5, 5.41) is 2.92. The third kappa shape index (κ3) is 3.77. The third-order valence-corrected chi connectivity index (χ3v) is 7.16. The number of fused-ring (bicyclic) bond motifs is 1. The van der Waals surface area contributed by atoms with Crippen LogP contribution in [0.1, 0.15) is 28.4 Å². The monoisotopic (exact) mass is 394 g/mol. The average molecular weight is 394 g/mol. The van der Waals surface area contributed by atoms with Gasteiger partial charge >= 0.3 is 0 Å². The molecule has 1 N–H and O–H groups in total. The van der Waals surface area contributed by atoms with Crippen molar-refractivity contribution < 1.29 is 17.6 Å². The summed E-state index contributed by atoms with van der Waals surface area (Å²) in [5.41, 5.74) is 1.14. The molecule has 1 aliphatic rings. The summed E-state index contributed by atoms with van der Waals surface area (Å²) in [6.07, 6.45) is 0.708. The normalized spacial score (nSPS) is 17.0. The minimum Gasteiger partial charge on any atom is -0.345 e. The number of benzene rings is 2. The number of nitrogens with one attached hydrogen (secondary N) is 1. The van der Waals surface area contributed by atoms with Gasteiger partial charge in [-0.05, 0) is 54.4 Å². The maximum atomic E-state index is 13.6. The fraction of sp³-hybridized carbons (Fsp3) is 0.278. The second-order valence-corrected chi connectivity index (χ2v) is 9.45. The molecule has 1 aliphatic heterocycles. The minimum absolute atomic E-state index is 0.125. The van der Waals surface area contributed by atoms with Crippen molar-refractivity contribution in [2.75, 3.05) is 19.8 Å². The van der Waals surface area contributed by atoms with E-state index in [2.05, 4.69) is 5.32 Å². The molecule has 0 unspecified atom stereocenters. The van der Waals surface area contributed by atoms with E-state index in [-0.39, 0.29) is 22.7 Å². The Morgan fingerprint density at radius 1 is 1.19 bits per heavy atom. The Kier molecular flexibility index (Phi) is 5.36. The van der Waals surface area contributed by atoms with E-state index in [4.69, 9.17) is 0 Å². The molecular formula is C18H19FN2O3S2. The highest BCUT2D eigenvalue weighted by atomic mass is 32.2. The predicted octanol–water partition coefficient (Wildman–Crippen LogP) is 3.04. The topological polar surface area (TPSA) is 66.5 Å². The van der Waals surface area contributed by atoms with Crippen molar-refractivity contribution in [2.24, 2.45) is 0 Å². The van der Waals surface area contributed by atoms with Crippen LogP contribution >= 0.6 is 11.8 Å². The molecule has 0 fully saturated rings. The van der Waals surface area contributed by atoms with Gasteiger partial charge in [-0.15, -0.1) is 11.8 Å². The van der Waals surface area contributed by atoms with Crippen molar-refractivity contribution in [3.8, 4) is 0 Å². The highest BCUT2D eigenvalue weighted by molar-refractivity contribution is 7.99. The Bertz CT molecular complexity index is 928. The van der Waals surface area contributed by atoms with Gasteiger partial charge in [0.1, 0.15) is 5.82 Å². The van der Waals surface area contributed by atoms with Crippen LogP contribution in [0.15, 0.2) is 52.3 Å². The van der Waals surface area contributed by atoms with Gasteiger partial charge in [-0.25, -0.2) is 17.1 Å². The summed E-state index contributed by atoms with van der Waals surface area (Å²) in [6.45, 7) is 0. The van der Waals surface area contributed by atoms with Gasteiger partial charge in [0, 0.05) is 30.3 Å². The zero-order valence-corrected chi connectivity index (χ0v) is 16.0. The Morgan fingerprint density at radius 3 is 2.54 bits per heavy atom. The number of carbonyl (C=O) groups is 1. The van der Waals surface area contributed by atoms with Crippen molar-refractivity contribution >= 4 is 27.7 Å². The molecular weight excluding hydrogens is 375 g/mol. The van der Waals surface area contributed by atoms with E-state index in [1.54, 1.807) is 17.8 Å². The molecule has 8 heteroatoms. The van der Waals surface area contributed by atoms with E-state index >= 15 is 0 Å². The largest absolute Gasteiger partial charge is 0.345 e. The number of halogens is 1. The number of thioether (sulfide) groups is 1. The molecule has 0 spiro atoms. The number of nitrogens with zero attached hydrogens (tertiary/aromatic N) is 1. The molecule has 1 heterocycles. The second-order valence-electron chi connectivity index (χ2n) is 6.16. The molecule has 0 aromatic heterocycles. The molecule has 5 nitrogen and oxygen atoms in total. The quantitative estimate of drug-likeness (QED) is 0.866. The molecule has 0 bridgehead atoms. The summed E-state index contributed by atoms with van der Waals surface area (Å²) in [7, 11) is -0.630. The lowest BCUT2D eigenvalue weighted by Crippen LogP contribution is -2.30. The van der Waals surface area contributed by atoms with E-state index in [0.29, 0.717) is 12.0 Å². The number of amides is 1. The molecule has 1 amide bonds. The molecule has 0 radical (unpaired) electrons. The molecule has 3 rings (SSSR count). The van der Waals surface area contributed by atoms with Crippen LogP contribution in [0.2, 0.25) is 0 Å². The Hall–Kier alpha value is -1.90. The molecule has 2 aromatic rings. The van der Waals surface area contributed by atoms with Crippen LogP contribution in [0.25, 0.3) is 0 Å². The average Bonchev–Trinajstić information content (AvgIpc) is 2.62. The van der Waals surface area contributed by atoms with Crippen molar-refractivity contribution in [3.63, 3.8) is 0 Å². The van der Waals surface area contributed by atoms with Crippen LogP contribution < -0.4 is 5.32 Å². The number of carbonyl (C=O) groups excluding carboxylic acids is 1. The lowest BCUT2D eigenvalue weighted by Gasteiger charge is -2.26. The predicted molar refractivity (Wildman–Crippen MR) is 99.3 cm³/mol. The lowest BCUT2D eigenvalue weighted by molar-refractivity contribution is 0.0934. The fourth-order valence-electron chi connectivity index (χ4n) is 2.75. The van der Waals surface area contributed by atoms with Gasteiger partial charge in [0.25, 0.3) is 5.91 Å². The van der Waals surface area contributed by atoms with Crippen molar-refractivity contribution in [3.05, 3.63) is 59.4 Å². The highest BCUT2D eigenvalue weighted by Gasteiger charge is 2.24. The summed E-state index contributed by atoms with van der Waals surface area (Å²) in [5.74, 6) is 0.193. The summed E-state index contributed by atoms with van der Waals surface area (Å²) >= 11 is 1.64. The molecule has 1 atom stereocenters. The maximum absolute atomic E-state index is 13.6. The second kappa shape index (κ2) is 7.38. The molecule has 2 aromatic carbocycles. The first-order chi connectivity index (χ1) is 12.3. The van der Waals surface area contributed by atoms with Crippen LogP contribution in [-0.2, 0) is 10.0 Å². The lowest BCUT2D eigenvalue weighted by atomic mass is 10.0. The Labute approximate surface area is 156 Å². The van der Waals surface area contributed by atoms with Crippen molar-refractivity contribution in [1.82, 2.24) is 9.62 Å².